The molecule has 0 saturated carbocycles. The first-order chi connectivity index (χ1) is 9.78. The zero-order valence-corrected chi connectivity index (χ0v) is 13.2. The maximum Gasteiger partial charge on any atom is 0.340 e. The molecule has 0 unspecified atom stereocenters. The second-order valence-corrected chi connectivity index (χ2v) is 5.68. The molecular weight excluding hydrogens is 302 g/mol. The third-order valence-corrected chi connectivity index (χ3v) is 3.10. The molecule has 1 rings (SSSR count). The van der Waals surface area contributed by atoms with Gasteiger partial charge in [0.2, 0.25) is 15.8 Å². The summed E-state index contributed by atoms with van der Waals surface area (Å²) in [5, 5.41) is 0. The topological polar surface area (TPSA) is 100 Å². The van der Waals surface area contributed by atoms with Crippen molar-refractivity contribution in [3.8, 4) is 17.2 Å². The van der Waals surface area contributed by atoms with Gasteiger partial charge >= 0.3 is 5.97 Å². The molecule has 0 aromatic heterocycles. The Labute approximate surface area is 123 Å². The van der Waals surface area contributed by atoms with Crippen molar-refractivity contribution in [1.82, 2.24) is 0 Å². The molecule has 0 spiro atoms. The monoisotopic (exact) mass is 319 g/mol. The van der Waals surface area contributed by atoms with Crippen molar-refractivity contribution < 1.29 is 32.2 Å². The summed E-state index contributed by atoms with van der Waals surface area (Å²) >= 11 is 0. The van der Waals surface area contributed by atoms with Crippen molar-refractivity contribution in [2.45, 2.75) is 0 Å². The van der Waals surface area contributed by atoms with E-state index in [1.165, 1.54) is 34.5 Å². The summed E-state index contributed by atoms with van der Waals surface area (Å²) in [4.78, 5) is 11.8. The number of hydrogen-bond acceptors (Lipinski definition) is 7. The second kappa shape index (κ2) is 6.53. The van der Waals surface area contributed by atoms with E-state index in [0.29, 0.717) is 0 Å². The Morgan fingerprint density at radius 2 is 1.62 bits per heavy atom. The number of sulfonamides is 1. The van der Waals surface area contributed by atoms with Crippen LogP contribution >= 0.6 is 0 Å². The Morgan fingerprint density at radius 1 is 1.05 bits per heavy atom. The second-order valence-electron chi connectivity index (χ2n) is 3.93. The smallest absolute Gasteiger partial charge is 0.340 e. The van der Waals surface area contributed by atoms with E-state index in [-0.39, 0.29) is 28.5 Å². The molecule has 0 saturated heterocycles. The Balaban J connectivity index is 3.72. The highest BCUT2D eigenvalue weighted by Gasteiger charge is 2.26. The Hall–Kier alpha value is -2.16. The molecule has 0 heterocycles. The fraction of sp³-hybridized carbons (Fsp3) is 0.417. The maximum absolute atomic E-state index is 11.8. The fourth-order valence-corrected chi connectivity index (χ4v) is 2.29. The van der Waals surface area contributed by atoms with Gasteiger partial charge in [-0.15, -0.1) is 0 Å². The van der Waals surface area contributed by atoms with E-state index in [4.69, 9.17) is 14.2 Å². The summed E-state index contributed by atoms with van der Waals surface area (Å²) < 4.78 is 45.3. The van der Waals surface area contributed by atoms with E-state index in [2.05, 4.69) is 9.46 Å². The van der Waals surface area contributed by atoms with Gasteiger partial charge in [-0.25, -0.2) is 13.2 Å². The number of hydrogen-bond donors (Lipinski definition) is 1. The van der Waals surface area contributed by atoms with Gasteiger partial charge in [-0.1, -0.05) is 0 Å². The molecule has 21 heavy (non-hydrogen) atoms. The van der Waals surface area contributed by atoms with Gasteiger partial charge in [0.05, 0.1) is 40.3 Å². The molecular formula is C12H17NO7S. The number of anilines is 1. The Morgan fingerprint density at radius 3 is 2.00 bits per heavy atom. The van der Waals surface area contributed by atoms with E-state index < -0.39 is 16.0 Å². The van der Waals surface area contributed by atoms with E-state index in [1.807, 2.05) is 0 Å². The lowest BCUT2D eigenvalue weighted by Crippen LogP contribution is -2.16. The molecule has 0 fully saturated rings. The van der Waals surface area contributed by atoms with Crippen molar-refractivity contribution in [1.29, 1.82) is 0 Å². The van der Waals surface area contributed by atoms with Crippen LogP contribution < -0.4 is 18.9 Å². The molecule has 118 valence electrons. The molecule has 0 aliphatic carbocycles. The van der Waals surface area contributed by atoms with E-state index >= 15 is 0 Å². The van der Waals surface area contributed by atoms with Crippen molar-refractivity contribution in [3.05, 3.63) is 11.6 Å². The van der Waals surface area contributed by atoms with E-state index in [0.717, 1.165) is 6.26 Å². The van der Waals surface area contributed by atoms with E-state index in [1.54, 1.807) is 0 Å². The molecule has 1 N–H and O–H groups in total. The van der Waals surface area contributed by atoms with Crippen molar-refractivity contribution >= 4 is 21.7 Å². The quantitative estimate of drug-likeness (QED) is 0.776. The third kappa shape index (κ3) is 3.69. The van der Waals surface area contributed by atoms with Crippen molar-refractivity contribution in [2.75, 3.05) is 39.4 Å². The van der Waals surface area contributed by atoms with Gasteiger partial charge in [0, 0.05) is 6.07 Å². The molecule has 0 aliphatic heterocycles. The molecule has 0 aliphatic rings. The summed E-state index contributed by atoms with van der Waals surface area (Å²) in [5.41, 5.74) is -0.137. The number of rotatable bonds is 6. The van der Waals surface area contributed by atoms with Crippen LogP contribution in [0.2, 0.25) is 0 Å². The van der Waals surface area contributed by atoms with Crippen LogP contribution in [0.25, 0.3) is 0 Å². The SMILES string of the molecule is COC(=O)c1cc(OC)c(OC)c(OC)c1NS(C)(=O)=O. The molecule has 0 bridgehead atoms. The lowest BCUT2D eigenvalue weighted by Gasteiger charge is -2.18. The molecule has 0 radical (unpaired) electrons. The predicted molar refractivity (Wildman–Crippen MR) is 75.9 cm³/mol. The van der Waals surface area contributed by atoms with E-state index in [9.17, 15) is 13.2 Å². The number of ether oxygens (including phenoxy) is 4. The maximum atomic E-state index is 11.8. The normalized spacial score (nSPS) is 10.7. The van der Waals surface area contributed by atoms with Crippen LogP contribution in [0.15, 0.2) is 6.07 Å². The average Bonchev–Trinajstić information content (AvgIpc) is 2.43. The minimum absolute atomic E-state index is 0.0164. The Kier molecular flexibility index (Phi) is 5.25. The third-order valence-electron chi connectivity index (χ3n) is 2.52. The summed E-state index contributed by atoms with van der Waals surface area (Å²) in [6.07, 6.45) is 0.949. The first kappa shape index (κ1) is 16.9. The van der Waals surface area contributed by atoms with Gasteiger partial charge in [-0.2, -0.15) is 0 Å². The van der Waals surface area contributed by atoms with Gasteiger partial charge in [-0.3, -0.25) is 4.72 Å². The number of benzene rings is 1. The minimum Gasteiger partial charge on any atom is -0.493 e. The highest BCUT2D eigenvalue weighted by Crippen LogP contribution is 2.45. The van der Waals surface area contributed by atoms with Crippen LogP contribution in [-0.4, -0.2) is 49.1 Å². The number of methoxy groups -OCH3 is 4. The largest absolute Gasteiger partial charge is 0.493 e. The Bertz CT molecular complexity index is 639. The van der Waals surface area contributed by atoms with Crippen LogP contribution in [0.4, 0.5) is 5.69 Å². The van der Waals surface area contributed by atoms with Gasteiger partial charge < -0.3 is 18.9 Å². The summed E-state index contributed by atoms with van der Waals surface area (Å²) in [6.45, 7) is 0. The van der Waals surface area contributed by atoms with Gasteiger partial charge in [-0.05, 0) is 0 Å². The molecule has 9 heteroatoms. The van der Waals surface area contributed by atoms with Gasteiger partial charge in [0.1, 0.15) is 5.69 Å². The number of carbonyl (C=O) groups is 1. The highest BCUT2D eigenvalue weighted by atomic mass is 32.2. The lowest BCUT2D eigenvalue weighted by molar-refractivity contribution is 0.0601. The first-order valence-electron chi connectivity index (χ1n) is 5.68. The lowest BCUT2D eigenvalue weighted by atomic mass is 10.1. The summed E-state index contributed by atoms with van der Waals surface area (Å²) in [7, 11) is 1.58. The van der Waals surface area contributed by atoms with Crippen LogP contribution in [0, 0.1) is 0 Å². The molecule has 0 amide bonds. The first-order valence-corrected chi connectivity index (χ1v) is 7.57. The van der Waals surface area contributed by atoms with Crippen LogP contribution in [0.1, 0.15) is 10.4 Å². The number of esters is 1. The van der Waals surface area contributed by atoms with Crippen molar-refractivity contribution in [3.63, 3.8) is 0 Å². The van der Waals surface area contributed by atoms with Crippen molar-refractivity contribution in [2.24, 2.45) is 0 Å². The molecule has 1 aromatic carbocycles. The van der Waals surface area contributed by atoms with Gasteiger partial charge in [0.15, 0.2) is 11.5 Å². The predicted octanol–water partition coefficient (Wildman–Crippen LogP) is 0.870. The standard InChI is InChI=1S/C12H17NO7S/c1-17-8-6-7(12(14)20-4)9(13-21(5,15)16)11(19-3)10(8)18-2/h6,13H,1-5H3. The minimum atomic E-state index is -3.65. The van der Waals surface area contributed by atoms with Crippen LogP contribution in [0.3, 0.4) is 0 Å². The fourth-order valence-electron chi connectivity index (χ4n) is 1.71. The molecule has 0 atom stereocenters. The molecule has 1 aromatic rings. The average molecular weight is 319 g/mol. The highest BCUT2D eigenvalue weighted by molar-refractivity contribution is 7.92. The van der Waals surface area contributed by atoms with Crippen LogP contribution in [-0.2, 0) is 14.8 Å². The summed E-state index contributed by atoms with van der Waals surface area (Å²) in [5.74, 6) is -0.379. The number of nitrogens with one attached hydrogen (secondary N) is 1. The molecule has 8 nitrogen and oxygen atoms in total. The summed E-state index contributed by atoms with van der Waals surface area (Å²) in [6, 6.07) is 1.31. The zero-order chi connectivity index (χ0) is 16.2. The van der Waals surface area contributed by atoms with Gasteiger partial charge in [0.25, 0.3) is 0 Å². The van der Waals surface area contributed by atoms with Crippen LogP contribution in [0.5, 0.6) is 17.2 Å². The number of carbonyl (C=O) groups excluding carboxylic acids is 1. The zero-order valence-electron chi connectivity index (χ0n) is 12.3.